The van der Waals surface area contributed by atoms with Crippen LogP contribution < -0.4 is 5.32 Å². The van der Waals surface area contributed by atoms with Crippen LogP contribution in [0.3, 0.4) is 0 Å². The van der Waals surface area contributed by atoms with Gasteiger partial charge in [0.25, 0.3) is 5.91 Å². The van der Waals surface area contributed by atoms with Crippen molar-refractivity contribution in [3.05, 3.63) is 28.8 Å². The maximum absolute atomic E-state index is 12.0. The summed E-state index contributed by atoms with van der Waals surface area (Å²) in [4.78, 5) is 12.0. The van der Waals surface area contributed by atoms with E-state index < -0.39 is 0 Å². The summed E-state index contributed by atoms with van der Waals surface area (Å²) in [5.74, 6) is -0.485. The lowest BCUT2D eigenvalue weighted by Gasteiger charge is -2.16. The standard InChI is InChI=1S/C13H13ClN2O2/c14-11-5-4-9(17)6-10(11)13(18)16-12-3-1-2-8(12)7-15/h4-6,8,12,17H,1-3H2,(H,16,18). The van der Waals surface area contributed by atoms with Gasteiger partial charge in [0.05, 0.1) is 22.6 Å². The molecule has 94 valence electrons. The molecule has 2 N–H and O–H groups in total. The van der Waals surface area contributed by atoms with Crippen molar-refractivity contribution in [2.45, 2.75) is 25.3 Å². The second kappa shape index (κ2) is 5.28. The fraction of sp³-hybridized carbons (Fsp3) is 0.385. The smallest absolute Gasteiger partial charge is 0.253 e. The predicted molar refractivity (Wildman–Crippen MR) is 67.3 cm³/mol. The van der Waals surface area contributed by atoms with E-state index in [0.717, 1.165) is 19.3 Å². The molecule has 1 aromatic carbocycles. The first-order chi connectivity index (χ1) is 8.61. The number of amides is 1. The number of carbonyl (C=O) groups excluding carboxylic acids is 1. The third kappa shape index (κ3) is 2.57. The molecule has 1 fully saturated rings. The number of rotatable bonds is 2. The number of hydrogen-bond acceptors (Lipinski definition) is 3. The van der Waals surface area contributed by atoms with Crippen molar-refractivity contribution in [2.75, 3.05) is 0 Å². The van der Waals surface area contributed by atoms with E-state index in [4.69, 9.17) is 16.9 Å². The number of benzene rings is 1. The Labute approximate surface area is 110 Å². The molecule has 1 aliphatic rings. The summed E-state index contributed by atoms with van der Waals surface area (Å²) in [6.07, 6.45) is 2.56. The molecule has 18 heavy (non-hydrogen) atoms. The summed E-state index contributed by atoms with van der Waals surface area (Å²) in [5, 5.41) is 21.4. The van der Waals surface area contributed by atoms with Crippen molar-refractivity contribution in [3.8, 4) is 11.8 Å². The number of carbonyl (C=O) groups is 1. The van der Waals surface area contributed by atoms with Gasteiger partial charge in [-0.2, -0.15) is 5.26 Å². The van der Waals surface area contributed by atoms with Crippen LogP contribution in [0, 0.1) is 17.2 Å². The Morgan fingerprint density at radius 2 is 2.28 bits per heavy atom. The van der Waals surface area contributed by atoms with Crippen LogP contribution in [0.5, 0.6) is 5.75 Å². The number of halogens is 1. The normalized spacial score (nSPS) is 22.4. The minimum absolute atomic E-state index is 0.00666. The fourth-order valence-electron chi connectivity index (χ4n) is 2.22. The predicted octanol–water partition coefficient (Wildman–Crippen LogP) is 2.47. The van der Waals surface area contributed by atoms with Gasteiger partial charge in [-0.05, 0) is 37.5 Å². The second-order valence-corrected chi connectivity index (χ2v) is 4.82. The van der Waals surface area contributed by atoms with Crippen molar-refractivity contribution in [1.82, 2.24) is 5.32 Å². The van der Waals surface area contributed by atoms with E-state index in [1.807, 2.05) is 0 Å². The minimum atomic E-state index is -0.344. The van der Waals surface area contributed by atoms with E-state index in [0.29, 0.717) is 0 Å². The summed E-state index contributed by atoms with van der Waals surface area (Å²) in [6, 6.07) is 6.30. The summed E-state index contributed by atoms with van der Waals surface area (Å²) in [6.45, 7) is 0. The summed E-state index contributed by atoms with van der Waals surface area (Å²) in [5.41, 5.74) is 0.236. The highest BCUT2D eigenvalue weighted by Crippen LogP contribution is 2.26. The number of nitrogens with one attached hydrogen (secondary N) is 1. The Morgan fingerprint density at radius 3 is 3.00 bits per heavy atom. The second-order valence-electron chi connectivity index (χ2n) is 4.41. The van der Waals surface area contributed by atoms with Gasteiger partial charge in [0.2, 0.25) is 0 Å². The SMILES string of the molecule is N#CC1CCCC1NC(=O)c1cc(O)ccc1Cl. The maximum Gasteiger partial charge on any atom is 0.253 e. The van der Waals surface area contributed by atoms with Gasteiger partial charge in [0.1, 0.15) is 5.75 Å². The lowest BCUT2D eigenvalue weighted by molar-refractivity contribution is 0.0932. The number of phenolic OH excluding ortho intramolecular Hbond substituents is 1. The molecule has 0 bridgehead atoms. The van der Waals surface area contributed by atoms with Gasteiger partial charge in [0.15, 0.2) is 0 Å². The first-order valence-corrected chi connectivity index (χ1v) is 6.18. The van der Waals surface area contributed by atoms with E-state index in [1.165, 1.54) is 18.2 Å². The van der Waals surface area contributed by atoms with Crippen LogP contribution >= 0.6 is 11.6 Å². The first kappa shape index (κ1) is 12.7. The zero-order valence-electron chi connectivity index (χ0n) is 9.69. The van der Waals surface area contributed by atoms with Crippen LogP contribution in [0.1, 0.15) is 29.6 Å². The van der Waals surface area contributed by atoms with Crippen LogP contribution in [0.2, 0.25) is 5.02 Å². The third-order valence-corrected chi connectivity index (χ3v) is 3.52. The van der Waals surface area contributed by atoms with E-state index in [2.05, 4.69) is 11.4 Å². The molecule has 0 spiro atoms. The molecular formula is C13H13ClN2O2. The molecule has 2 unspecified atom stereocenters. The molecule has 0 radical (unpaired) electrons. The van der Waals surface area contributed by atoms with Crippen molar-refractivity contribution in [1.29, 1.82) is 5.26 Å². The quantitative estimate of drug-likeness (QED) is 0.862. The molecule has 4 nitrogen and oxygen atoms in total. The largest absolute Gasteiger partial charge is 0.508 e. The van der Waals surface area contributed by atoms with Crippen molar-refractivity contribution >= 4 is 17.5 Å². The molecule has 2 rings (SSSR count). The van der Waals surface area contributed by atoms with Gasteiger partial charge >= 0.3 is 0 Å². The Hall–Kier alpha value is -1.73. The van der Waals surface area contributed by atoms with E-state index in [9.17, 15) is 9.90 Å². The average Bonchev–Trinajstić information content (AvgIpc) is 2.79. The Bertz CT molecular complexity index is 510. The van der Waals surface area contributed by atoms with E-state index in [1.54, 1.807) is 0 Å². The van der Waals surface area contributed by atoms with Gasteiger partial charge in [-0.1, -0.05) is 11.6 Å². The highest BCUT2D eigenvalue weighted by molar-refractivity contribution is 6.33. The van der Waals surface area contributed by atoms with Gasteiger partial charge < -0.3 is 10.4 Å². The number of nitrogens with zero attached hydrogens (tertiary/aromatic N) is 1. The molecule has 1 aliphatic carbocycles. The van der Waals surface area contributed by atoms with Crippen LogP contribution in [0.15, 0.2) is 18.2 Å². The lowest BCUT2D eigenvalue weighted by atomic mass is 10.1. The molecule has 0 aromatic heterocycles. The minimum Gasteiger partial charge on any atom is -0.508 e. The van der Waals surface area contributed by atoms with Gasteiger partial charge in [0, 0.05) is 6.04 Å². The lowest BCUT2D eigenvalue weighted by Crippen LogP contribution is -2.37. The third-order valence-electron chi connectivity index (χ3n) is 3.19. The van der Waals surface area contributed by atoms with Crippen LogP contribution in [-0.4, -0.2) is 17.1 Å². The summed E-state index contributed by atoms with van der Waals surface area (Å²) in [7, 11) is 0. The zero-order valence-corrected chi connectivity index (χ0v) is 10.4. The number of nitriles is 1. The van der Waals surface area contributed by atoms with Crippen molar-refractivity contribution in [3.63, 3.8) is 0 Å². The number of hydrogen-bond donors (Lipinski definition) is 2. The highest BCUT2D eigenvalue weighted by Gasteiger charge is 2.29. The van der Waals surface area contributed by atoms with Crippen LogP contribution in [-0.2, 0) is 0 Å². The molecular weight excluding hydrogens is 252 g/mol. The number of aromatic hydroxyl groups is 1. The molecule has 5 heteroatoms. The fourth-order valence-corrected chi connectivity index (χ4v) is 2.42. The highest BCUT2D eigenvalue weighted by atomic mass is 35.5. The van der Waals surface area contributed by atoms with Gasteiger partial charge in [-0.15, -0.1) is 0 Å². The maximum atomic E-state index is 12.0. The number of phenols is 1. The molecule has 0 saturated heterocycles. The van der Waals surface area contributed by atoms with E-state index in [-0.39, 0.29) is 34.2 Å². The van der Waals surface area contributed by atoms with E-state index >= 15 is 0 Å². The molecule has 1 saturated carbocycles. The summed E-state index contributed by atoms with van der Waals surface area (Å²) < 4.78 is 0. The molecule has 2 atom stereocenters. The Balaban J connectivity index is 2.13. The first-order valence-electron chi connectivity index (χ1n) is 5.81. The van der Waals surface area contributed by atoms with Crippen LogP contribution in [0.25, 0.3) is 0 Å². The average molecular weight is 265 g/mol. The van der Waals surface area contributed by atoms with Crippen LogP contribution in [0.4, 0.5) is 0 Å². The zero-order chi connectivity index (χ0) is 13.1. The van der Waals surface area contributed by atoms with Gasteiger partial charge in [-0.25, -0.2) is 0 Å². The molecule has 0 heterocycles. The van der Waals surface area contributed by atoms with Gasteiger partial charge in [-0.3, -0.25) is 4.79 Å². The summed E-state index contributed by atoms with van der Waals surface area (Å²) >= 11 is 5.91. The van der Waals surface area contributed by atoms with Crippen molar-refractivity contribution < 1.29 is 9.90 Å². The molecule has 1 aromatic rings. The topological polar surface area (TPSA) is 73.1 Å². The monoisotopic (exact) mass is 264 g/mol. The molecule has 0 aliphatic heterocycles. The van der Waals surface area contributed by atoms with Crippen molar-refractivity contribution in [2.24, 2.45) is 5.92 Å². The molecule has 1 amide bonds. The Kier molecular flexibility index (Phi) is 3.73. The Morgan fingerprint density at radius 1 is 1.50 bits per heavy atom.